The molecule has 0 aromatic heterocycles. The average Bonchev–Trinajstić information content (AvgIpc) is 2.72. The van der Waals surface area contributed by atoms with Gasteiger partial charge in [0.1, 0.15) is 5.75 Å². The van der Waals surface area contributed by atoms with Gasteiger partial charge in [0.25, 0.3) is 0 Å². The average molecular weight is 300 g/mol. The molecule has 0 spiro atoms. The Bertz CT molecular complexity index is 384. The molecule has 1 unspecified atom stereocenters. The fourth-order valence-corrected chi connectivity index (χ4v) is 2.72. The van der Waals surface area contributed by atoms with Crippen molar-refractivity contribution in [3.8, 4) is 5.75 Å². The van der Waals surface area contributed by atoms with E-state index in [9.17, 15) is 5.11 Å². The van der Waals surface area contributed by atoms with E-state index in [0.717, 1.165) is 36.3 Å². The zero-order chi connectivity index (χ0) is 12.3. The summed E-state index contributed by atoms with van der Waals surface area (Å²) in [6.07, 6.45) is 1.20. The van der Waals surface area contributed by atoms with Crippen LogP contribution in [-0.2, 0) is 11.3 Å². The second-order valence-electron chi connectivity index (χ2n) is 4.62. The number of ether oxygens (including phenoxy) is 1. The molecule has 0 aliphatic carbocycles. The first-order valence-electron chi connectivity index (χ1n) is 5.87. The second kappa shape index (κ2) is 5.85. The molecule has 94 valence electrons. The van der Waals surface area contributed by atoms with Gasteiger partial charge in [0.05, 0.1) is 6.61 Å². The Morgan fingerprint density at radius 3 is 3.12 bits per heavy atom. The lowest BCUT2D eigenvalue weighted by Gasteiger charge is -2.17. The van der Waals surface area contributed by atoms with Crippen molar-refractivity contribution < 1.29 is 9.84 Å². The summed E-state index contributed by atoms with van der Waals surface area (Å²) in [6, 6.07) is 5.42. The fourth-order valence-electron chi connectivity index (χ4n) is 2.35. The number of aromatic hydroxyl groups is 1. The molecule has 1 aromatic carbocycles. The van der Waals surface area contributed by atoms with Gasteiger partial charge in [0.15, 0.2) is 0 Å². The van der Waals surface area contributed by atoms with E-state index in [1.54, 1.807) is 13.2 Å². The lowest BCUT2D eigenvalue weighted by atomic mass is 10.1. The van der Waals surface area contributed by atoms with Gasteiger partial charge in [-0.05, 0) is 42.6 Å². The number of phenols is 1. The van der Waals surface area contributed by atoms with E-state index in [1.165, 1.54) is 6.42 Å². The van der Waals surface area contributed by atoms with E-state index in [2.05, 4.69) is 20.8 Å². The minimum atomic E-state index is 0.329. The summed E-state index contributed by atoms with van der Waals surface area (Å²) >= 11 is 3.52. The minimum absolute atomic E-state index is 0.329. The van der Waals surface area contributed by atoms with Crippen LogP contribution in [0.1, 0.15) is 12.0 Å². The van der Waals surface area contributed by atoms with Gasteiger partial charge in [-0.1, -0.05) is 15.9 Å². The molecule has 1 aliphatic heterocycles. The molecular weight excluding hydrogens is 282 g/mol. The molecule has 1 N–H and O–H groups in total. The molecule has 0 saturated carbocycles. The van der Waals surface area contributed by atoms with Gasteiger partial charge >= 0.3 is 0 Å². The highest BCUT2D eigenvalue weighted by molar-refractivity contribution is 9.10. The maximum Gasteiger partial charge on any atom is 0.115 e. The fraction of sp³-hybridized carbons (Fsp3) is 0.538. The summed E-state index contributed by atoms with van der Waals surface area (Å²) in [5.41, 5.74) is 1.14. The third kappa shape index (κ3) is 3.44. The van der Waals surface area contributed by atoms with Gasteiger partial charge < -0.3 is 9.84 Å². The summed E-state index contributed by atoms with van der Waals surface area (Å²) in [5.74, 6) is 0.979. The molecule has 4 heteroatoms. The number of nitrogens with zero attached hydrogens (tertiary/aromatic N) is 1. The first kappa shape index (κ1) is 12.9. The number of rotatable bonds is 4. The van der Waals surface area contributed by atoms with Crippen LogP contribution in [0.25, 0.3) is 0 Å². The highest BCUT2D eigenvalue weighted by Gasteiger charge is 2.22. The Morgan fingerprint density at radius 2 is 2.35 bits per heavy atom. The van der Waals surface area contributed by atoms with Crippen molar-refractivity contribution in [1.82, 2.24) is 4.90 Å². The molecule has 2 rings (SSSR count). The molecule has 1 saturated heterocycles. The standard InChI is InChI=1S/C13H18BrNO2/c1-17-9-10-4-5-15(7-10)8-11-6-12(16)2-3-13(11)14/h2-3,6,10,16H,4-5,7-9H2,1H3. The molecule has 3 nitrogen and oxygen atoms in total. The molecule has 1 atom stereocenters. The summed E-state index contributed by atoms with van der Waals surface area (Å²) in [7, 11) is 1.76. The lowest BCUT2D eigenvalue weighted by molar-refractivity contribution is 0.152. The first-order chi connectivity index (χ1) is 8.19. The second-order valence-corrected chi connectivity index (χ2v) is 5.48. The van der Waals surface area contributed by atoms with Gasteiger partial charge in [-0.25, -0.2) is 0 Å². The van der Waals surface area contributed by atoms with Crippen molar-refractivity contribution in [3.63, 3.8) is 0 Å². The Kier molecular flexibility index (Phi) is 4.42. The van der Waals surface area contributed by atoms with E-state index in [-0.39, 0.29) is 0 Å². The third-order valence-corrected chi connectivity index (χ3v) is 3.97. The maximum atomic E-state index is 9.49. The van der Waals surface area contributed by atoms with Crippen molar-refractivity contribution >= 4 is 15.9 Å². The molecule has 17 heavy (non-hydrogen) atoms. The Labute approximate surface area is 111 Å². The number of phenolic OH excluding ortho intramolecular Hbond substituents is 1. The van der Waals surface area contributed by atoms with Crippen LogP contribution in [0.4, 0.5) is 0 Å². The predicted octanol–water partition coefficient (Wildman–Crippen LogP) is 2.62. The number of halogens is 1. The predicted molar refractivity (Wildman–Crippen MR) is 71.1 cm³/mol. The van der Waals surface area contributed by atoms with Gasteiger partial charge in [0, 0.05) is 24.7 Å². The van der Waals surface area contributed by atoms with Crippen molar-refractivity contribution in [1.29, 1.82) is 0 Å². The number of likely N-dealkylation sites (tertiary alicyclic amines) is 1. The Hall–Kier alpha value is -0.580. The smallest absolute Gasteiger partial charge is 0.115 e. The summed E-state index contributed by atoms with van der Waals surface area (Å²) in [5, 5.41) is 9.49. The monoisotopic (exact) mass is 299 g/mol. The molecule has 0 radical (unpaired) electrons. The molecule has 0 amide bonds. The van der Waals surface area contributed by atoms with E-state index in [1.807, 2.05) is 12.1 Å². The van der Waals surface area contributed by atoms with E-state index < -0.39 is 0 Å². The minimum Gasteiger partial charge on any atom is -0.508 e. The molecular formula is C13H18BrNO2. The van der Waals surface area contributed by atoms with Crippen LogP contribution >= 0.6 is 15.9 Å². The van der Waals surface area contributed by atoms with Crippen LogP contribution in [0, 0.1) is 5.92 Å². The van der Waals surface area contributed by atoms with Gasteiger partial charge in [-0.2, -0.15) is 0 Å². The number of methoxy groups -OCH3 is 1. The van der Waals surface area contributed by atoms with Crippen LogP contribution in [0.15, 0.2) is 22.7 Å². The van der Waals surface area contributed by atoms with Gasteiger partial charge in [-0.3, -0.25) is 4.90 Å². The highest BCUT2D eigenvalue weighted by atomic mass is 79.9. The summed E-state index contributed by atoms with van der Waals surface area (Å²) < 4.78 is 6.25. The maximum absolute atomic E-state index is 9.49. The topological polar surface area (TPSA) is 32.7 Å². The van der Waals surface area contributed by atoms with Gasteiger partial charge in [0.2, 0.25) is 0 Å². The van der Waals surface area contributed by atoms with Crippen LogP contribution in [0.2, 0.25) is 0 Å². The molecule has 1 aromatic rings. The largest absolute Gasteiger partial charge is 0.508 e. The normalized spacial score (nSPS) is 20.9. The first-order valence-corrected chi connectivity index (χ1v) is 6.67. The van der Waals surface area contributed by atoms with Crippen molar-refractivity contribution in [2.45, 2.75) is 13.0 Å². The number of benzene rings is 1. The molecule has 0 bridgehead atoms. The summed E-state index contributed by atoms with van der Waals surface area (Å²) in [4.78, 5) is 2.41. The number of hydrogen-bond acceptors (Lipinski definition) is 3. The van der Waals surface area contributed by atoms with Crippen LogP contribution in [0.5, 0.6) is 5.75 Å². The molecule has 1 aliphatic rings. The molecule has 1 fully saturated rings. The highest BCUT2D eigenvalue weighted by Crippen LogP contribution is 2.25. The van der Waals surface area contributed by atoms with E-state index in [0.29, 0.717) is 11.7 Å². The Balaban J connectivity index is 1.95. The third-order valence-electron chi connectivity index (χ3n) is 3.20. The van der Waals surface area contributed by atoms with Crippen LogP contribution < -0.4 is 0 Å². The zero-order valence-corrected chi connectivity index (χ0v) is 11.6. The Morgan fingerprint density at radius 1 is 1.53 bits per heavy atom. The quantitative estimate of drug-likeness (QED) is 0.928. The van der Waals surface area contributed by atoms with Gasteiger partial charge in [-0.15, -0.1) is 0 Å². The number of hydrogen-bond donors (Lipinski definition) is 1. The lowest BCUT2D eigenvalue weighted by Crippen LogP contribution is -2.21. The van der Waals surface area contributed by atoms with E-state index in [4.69, 9.17) is 4.74 Å². The van der Waals surface area contributed by atoms with Crippen LogP contribution in [-0.4, -0.2) is 36.8 Å². The van der Waals surface area contributed by atoms with Crippen LogP contribution in [0.3, 0.4) is 0 Å². The van der Waals surface area contributed by atoms with Crippen molar-refractivity contribution in [3.05, 3.63) is 28.2 Å². The van der Waals surface area contributed by atoms with E-state index >= 15 is 0 Å². The SMILES string of the molecule is COCC1CCN(Cc2cc(O)ccc2Br)C1. The molecule has 1 heterocycles. The zero-order valence-electron chi connectivity index (χ0n) is 10.0. The summed E-state index contributed by atoms with van der Waals surface area (Å²) in [6.45, 7) is 3.92. The van der Waals surface area contributed by atoms with Crippen molar-refractivity contribution in [2.24, 2.45) is 5.92 Å². The van der Waals surface area contributed by atoms with Crippen molar-refractivity contribution in [2.75, 3.05) is 26.8 Å².